The Labute approximate surface area is 85.2 Å². The zero-order chi connectivity index (χ0) is 10.6. The summed E-state index contributed by atoms with van der Waals surface area (Å²) < 4.78 is 0. The Kier molecular flexibility index (Phi) is 8.88. The molecule has 3 heteroatoms. The van der Waals surface area contributed by atoms with Crippen molar-refractivity contribution in [3.8, 4) is 12.5 Å². The molecule has 0 rings (SSSR count). The van der Waals surface area contributed by atoms with Crippen LogP contribution in [0.4, 0.5) is 0 Å². The molecular formula is C11H17NO2. The summed E-state index contributed by atoms with van der Waals surface area (Å²) in [4.78, 5) is 13.8. The van der Waals surface area contributed by atoms with Crippen molar-refractivity contribution in [2.75, 3.05) is 0 Å². The number of aliphatic imine (C=N–C) groups is 1. The summed E-state index contributed by atoms with van der Waals surface area (Å²) in [5.41, 5.74) is 0. The van der Waals surface area contributed by atoms with Crippen LogP contribution in [0.15, 0.2) is 4.99 Å². The van der Waals surface area contributed by atoms with Crippen LogP contribution in [0.1, 0.15) is 44.9 Å². The minimum absolute atomic E-state index is 0.290. The second-order valence-corrected chi connectivity index (χ2v) is 3.14. The standard InChI is InChI=1S/C11H17NO2/c1-2-12-10-8-6-4-3-5-7-9-11(13)14/h1,10H,3-9H2,(H,13,14). The van der Waals surface area contributed by atoms with Gasteiger partial charge in [0.15, 0.2) is 0 Å². The summed E-state index contributed by atoms with van der Waals surface area (Å²) in [7, 11) is 0. The lowest BCUT2D eigenvalue weighted by Gasteiger charge is -1.97. The lowest BCUT2D eigenvalue weighted by molar-refractivity contribution is -0.137. The van der Waals surface area contributed by atoms with Crippen molar-refractivity contribution in [3.63, 3.8) is 0 Å². The summed E-state index contributed by atoms with van der Waals surface area (Å²) in [5.74, 6) is -0.703. The first-order chi connectivity index (χ1) is 6.77. The van der Waals surface area contributed by atoms with Gasteiger partial charge in [-0.05, 0) is 19.3 Å². The highest BCUT2D eigenvalue weighted by Crippen LogP contribution is 2.06. The van der Waals surface area contributed by atoms with Gasteiger partial charge in [-0.2, -0.15) is 0 Å². The molecule has 78 valence electrons. The number of carboxylic acids is 1. The molecule has 0 radical (unpaired) electrons. The minimum atomic E-state index is -0.703. The number of nitrogens with zero attached hydrogens (tertiary/aromatic N) is 1. The molecule has 0 fully saturated rings. The van der Waals surface area contributed by atoms with E-state index in [2.05, 4.69) is 11.0 Å². The zero-order valence-electron chi connectivity index (χ0n) is 8.41. The first kappa shape index (κ1) is 12.7. The topological polar surface area (TPSA) is 49.7 Å². The van der Waals surface area contributed by atoms with Crippen LogP contribution in [0.3, 0.4) is 0 Å². The second-order valence-electron chi connectivity index (χ2n) is 3.14. The molecule has 0 atom stereocenters. The first-order valence-electron chi connectivity index (χ1n) is 4.96. The molecule has 0 saturated heterocycles. The number of unbranched alkanes of at least 4 members (excludes halogenated alkanes) is 5. The lowest BCUT2D eigenvalue weighted by atomic mass is 10.1. The quantitative estimate of drug-likeness (QED) is 0.367. The zero-order valence-corrected chi connectivity index (χ0v) is 8.41. The van der Waals surface area contributed by atoms with Gasteiger partial charge >= 0.3 is 5.97 Å². The van der Waals surface area contributed by atoms with E-state index < -0.39 is 5.97 Å². The summed E-state index contributed by atoms with van der Waals surface area (Å²) in [6, 6.07) is 2.20. The molecule has 0 aromatic rings. The maximum absolute atomic E-state index is 10.2. The van der Waals surface area contributed by atoms with E-state index in [9.17, 15) is 4.79 Å². The van der Waals surface area contributed by atoms with Crippen molar-refractivity contribution in [3.05, 3.63) is 0 Å². The highest BCUT2D eigenvalue weighted by atomic mass is 16.4. The van der Waals surface area contributed by atoms with Crippen molar-refractivity contribution < 1.29 is 9.90 Å². The first-order valence-corrected chi connectivity index (χ1v) is 4.96. The van der Waals surface area contributed by atoms with E-state index in [1.807, 2.05) is 0 Å². The molecular weight excluding hydrogens is 178 g/mol. The normalized spacial score (nSPS) is 10.2. The second kappa shape index (κ2) is 9.79. The molecule has 0 heterocycles. The number of carboxylic acid groups (broad SMARTS) is 1. The number of aliphatic carboxylic acids is 1. The van der Waals surface area contributed by atoms with Crippen LogP contribution in [0.25, 0.3) is 0 Å². The van der Waals surface area contributed by atoms with Gasteiger partial charge < -0.3 is 5.11 Å². The van der Waals surface area contributed by atoms with Crippen LogP contribution in [0.2, 0.25) is 0 Å². The molecule has 3 nitrogen and oxygen atoms in total. The largest absolute Gasteiger partial charge is 0.481 e. The summed E-state index contributed by atoms with van der Waals surface area (Å²) >= 11 is 0. The molecule has 0 aromatic heterocycles. The van der Waals surface area contributed by atoms with Gasteiger partial charge in [0.05, 0.1) is 0 Å². The van der Waals surface area contributed by atoms with Gasteiger partial charge in [-0.25, -0.2) is 4.99 Å². The van der Waals surface area contributed by atoms with Gasteiger partial charge in [-0.3, -0.25) is 4.79 Å². The number of rotatable bonds is 8. The number of hydrogen-bond acceptors (Lipinski definition) is 2. The monoisotopic (exact) mass is 195 g/mol. The number of terminal acetylenes is 1. The SMILES string of the molecule is C#CN=CCCCCCCCC(=O)O. The van der Waals surface area contributed by atoms with Gasteiger partial charge in [0.2, 0.25) is 0 Å². The lowest BCUT2D eigenvalue weighted by Crippen LogP contribution is -1.93. The summed E-state index contributed by atoms with van der Waals surface area (Å²) in [5, 5.41) is 8.38. The van der Waals surface area contributed by atoms with E-state index >= 15 is 0 Å². The van der Waals surface area contributed by atoms with Crippen molar-refractivity contribution in [2.45, 2.75) is 44.9 Å². The molecule has 0 aliphatic heterocycles. The molecule has 0 aliphatic rings. The Hall–Kier alpha value is -1.30. The summed E-state index contributed by atoms with van der Waals surface area (Å²) in [6.45, 7) is 0. The van der Waals surface area contributed by atoms with Gasteiger partial charge in [-0.15, -0.1) is 0 Å². The number of hydrogen-bond donors (Lipinski definition) is 1. The van der Waals surface area contributed by atoms with E-state index in [1.165, 1.54) is 0 Å². The molecule has 0 saturated carbocycles. The Bertz CT molecular complexity index is 216. The van der Waals surface area contributed by atoms with E-state index in [1.54, 1.807) is 6.21 Å². The highest BCUT2D eigenvalue weighted by molar-refractivity contribution is 5.66. The van der Waals surface area contributed by atoms with Crippen molar-refractivity contribution in [1.29, 1.82) is 0 Å². The Morgan fingerprint density at radius 1 is 1.29 bits per heavy atom. The smallest absolute Gasteiger partial charge is 0.303 e. The Balaban J connectivity index is 3.03. The highest BCUT2D eigenvalue weighted by Gasteiger charge is 1.95. The third-order valence-electron chi connectivity index (χ3n) is 1.89. The Morgan fingerprint density at radius 2 is 1.93 bits per heavy atom. The van der Waals surface area contributed by atoms with Crippen LogP contribution in [0, 0.1) is 12.5 Å². The number of carbonyl (C=O) groups is 1. The minimum Gasteiger partial charge on any atom is -0.481 e. The Morgan fingerprint density at radius 3 is 2.57 bits per heavy atom. The van der Waals surface area contributed by atoms with Crippen LogP contribution < -0.4 is 0 Å². The van der Waals surface area contributed by atoms with Crippen molar-refractivity contribution in [1.82, 2.24) is 0 Å². The molecule has 0 aliphatic carbocycles. The fourth-order valence-electron chi connectivity index (χ4n) is 1.16. The predicted molar refractivity (Wildman–Crippen MR) is 57.3 cm³/mol. The van der Waals surface area contributed by atoms with E-state index in [0.29, 0.717) is 6.42 Å². The van der Waals surface area contributed by atoms with Gasteiger partial charge in [0.1, 0.15) is 0 Å². The maximum Gasteiger partial charge on any atom is 0.303 e. The van der Waals surface area contributed by atoms with Crippen LogP contribution >= 0.6 is 0 Å². The van der Waals surface area contributed by atoms with Crippen molar-refractivity contribution in [2.24, 2.45) is 4.99 Å². The molecule has 0 aromatic carbocycles. The van der Waals surface area contributed by atoms with Crippen LogP contribution in [-0.2, 0) is 4.79 Å². The predicted octanol–water partition coefficient (Wildman–Crippen LogP) is 2.46. The maximum atomic E-state index is 10.2. The third-order valence-corrected chi connectivity index (χ3v) is 1.89. The third kappa shape index (κ3) is 10.7. The average molecular weight is 195 g/mol. The fourth-order valence-corrected chi connectivity index (χ4v) is 1.16. The van der Waals surface area contributed by atoms with E-state index in [4.69, 9.17) is 11.5 Å². The van der Waals surface area contributed by atoms with Crippen LogP contribution in [0.5, 0.6) is 0 Å². The van der Waals surface area contributed by atoms with E-state index in [-0.39, 0.29) is 0 Å². The van der Waals surface area contributed by atoms with Crippen LogP contribution in [-0.4, -0.2) is 17.3 Å². The van der Waals surface area contributed by atoms with E-state index in [0.717, 1.165) is 38.5 Å². The van der Waals surface area contributed by atoms with Gasteiger partial charge in [0.25, 0.3) is 0 Å². The fraction of sp³-hybridized carbons (Fsp3) is 0.636. The molecule has 0 bridgehead atoms. The molecule has 14 heavy (non-hydrogen) atoms. The average Bonchev–Trinajstić information content (AvgIpc) is 2.15. The molecule has 1 N–H and O–H groups in total. The summed E-state index contributed by atoms with van der Waals surface area (Å²) in [6.07, 6.45) is 13.0. The molecule has 0 spiro atoms. The van der Waals surface area contributed by atoms with Gasteiger partial charge in [0, 0.05) is 18.7 Å². The molecule has 0 amide bonds. The van der Waals surface area contributed by atoms with Gasteiger partial charge in [-0.1, -0.05) is 25.7 Å². The van der Waals surface area contributed by atoms with Crippen molar-refractivity contribution >= 4 is 12.2 Å². The molecule has 0 unspecified atom stereocenters.